The zero-order chi connectivity index (χ0) is 21.2. The Bertz CT molecular complexity index is 1390. The maximum atomic E-state index is 12.7. The van der Waals surface area contributed by atoms with Gasteiger partial charge in [-0.25, -0.2) is 0 Å². The Morgan fingerprint density at radius 1 is 1.07 bits per heavy atom. The summed E-state index contributed by atoms with van der Waals surface area (Å²) in [7, 11) is 0. The van der Waals surface area contributed by atoms with E-state index in [1.807, 2.05) is 0 Å². The number of fused-ring (bicyclic) bond motifs is 5. The number of hydrogen-bond acceptors (Lipinski definition) is 6. The number of carbonyl (C=O) groups is 2. The topological polar surface area (TPSA) is 126 Å². The van der Waals surface area contributed by atoms with Gasteiger partial charge in [0, 0.05) is 39.0 Å². The number of aromatic hydroxyl groups is 1. The maximum absolute atomic E-state index is 12.7. The van der Waals surface area contributed by atoms with Gasteiger partial charge in [0.15, 0.2) is 0 Å². The summed E-state index contributed by atoms with van der Waals surface area (Å²) in [6.07, 6.45) is -1.08. The summed E-state index contributed by atoms with van der Waals surface area (Å²) in [5.74, 6) is -1.23. The van der Waals surface area contributed by atoms with Crippen LogP contribution in [0.2, 0.25) is 5.02 Å². The number of phenolic OH excluding ortho intramolecular Hbond substituents is 1. The number of aliphatic hydroxyl groups is 1. The van der Waals surface area contributed by atoms with E-state index >= 15 is 0 Å². The number of halogens is 1. The molecule has 0 aliphatic carbocycles. The van der Waals surface area contributed by atoms with Crippen LogP contribution in [0.4, 0.5) is 0 Å². The monoisotopic (exact) mass is 422 g/mol. The standard InChI is InChI=1S/C22H15ClN2O5/c23-14-4-2-1-3-10(14)11-7-16-17(19-18(11)21(28)25-22(19)29)13-6-9(26)5-12(15(27)8-24)20(13)30-16/h1-7,15,26-27H,8,24H2,(H,25,28,29). The van der Waals surface area contributed by atoms with Gasteiger partial charge in [0.1, 0.15) is 16.9 Å². The van der Waals surface area contributed by atoms with E-state index in [0.29, 0.717) is 38.1 Å². The molecule has 0 radical (unpaired) electrons. The molecule has 7 nitrogen and oxygen atoms in total. The number of rotatable bonds is 3. The van der Waals surface area contributed by atoms with Gasteiger partial charge >= 0.3 is 0 Å². The number of imide groups is 1. The SMILES string of the molecule is NCC(O)c1cc(O)cc2c1oc1cc(-c3ccccc3Cl)c3c(c12)C(=O)NC3=O. The van der Waals surface area contributed by atoms with E-state index in [1.54, 1.807) is 30.3 Å². The van der Waals surface area contributed by atoms with Crippen molar-refractivity contribution in [3.05, 3.63) is 64.2 Å². The molecular formula is C22H15ClN2O5. The Morgan fingerprint density at radius 3 is 2.53 bits per heavy atom. The number of nitrogens with one attached hydrogen (secondary N) is 1. The minimum absolute atomic E-state index is 0.0858. The molecule has 0 fully saturated rings. The number of amides is 2. The molecule has 1 unspecified atom stereocenters. The Labute approximate surface area is 174 Å². The smallest absolute Gasteiger partial charge is 0.259 e. The van der Waals surface area contributed by atoms with Crippen molar-refractivity contribution in [1.82, 2.24) is 5.32 Å². The van der Waals surface area contributed by atoms with Gasteiger partial charge in [0.05, 0.1) is 17.2 Å². The van der Waals surface area contributed by atoms with Crippen LogP contribution in [0.1, 0.15) is 32.4 Å². The van der Waals surface area contributed by atoms with Gasteiger partial charge in [0.25, 0.3) is 11.8 Å². The molecule has 1 aliphatic rings. The summed E-state index contributed by atoms with van der Waals surface area (Å²) in [6.45, 7) is -0.0858. The highest BCUT2D eigenvalue weighted by Gasteiger charge is 2.35. The summed E-state index contributed by atoms with van der Waals surface area (Å²) in [4.78, 5) is 25.4. The molecule has 0 spiro atoms. The first-order valence-corrected chi connectivity index (χ1v) is 9.53. The van der Waals surface area contributed by atoms with Crippen molar-refractivity contribution in [3.63, 3.8) is 0 Å². The van der Waals surface area contributed by atoms with Crippen molar-refractivity contribution in [3.8, 4) is 16.9 Å². The molecule has 1 aromatic heterocycles. The van der Waals surface area contributed by atoms with Crippen LogP contribution >= 0.6 is 11.6 Å². The Balaban J connectivity index is 1.97. The van der Waals surface area contributed by atoms with Gasteiger partial charge in [0.2, 0.25) is 0 Å². The van der Waals surface area contributed by atoms with Gasteiger partial charge in [-0.3, -0.25) is 14.9 Å². The first kappa shape index (κ1) is 18.6. The summed E-state index contributed by atoms with van der Waals surface area (Å²) >= 11 is 6.35. The number of nitrogens with two attached hydrogens (primary N) is 1. The van der Waals surface area contributed by atoms with E-state index in [4.69, 9.17) is 21.8 Å². The average Bonchev–Trinajstić information content (AvgIpc) is 3.23. The molecule has 2 heterocycles. The second kappa shape index (κ2) is 6.56. The fourth-order valence-corrected chi connectivity index (χ4v) is 4.25. The van der Waals surface area contributed by atoms with Crippen LogP contribution in [0.15, 0.2) is 46.9 Å². The summed E-state index contributed by atoms with van der Waals surface area (Å²) in [5, 5.41) is 24.0. The van der Waals surface area contributed by atoms with Crippen molar-refractivity contribution in [2.45, 2.75) is 6.10 Å². The van der Waals surface area contributed by atoms with Gasteiger partial charge in [-0.2, -0.15) is 0 Å². The summed E-state index contributed by atoms with van der Waals surface area (Å²) in [5.41, 5.74) is 7.85. The van der Waals surface area contributed by atoms with Gasteiger partial charge < -0.3 is 20.4 Å². The predicted molar refractivity (Wildman–Crippen MR) is 112 cm³/mol. The van der Waals surface area contributed by atoms with Gasteiger partial charge in [-0.1, -0.05) is 29.8 Å². The fourth-order valence-electron chi connectivity index (χ4n) is 4.01. The second-order valence-corrected chi connectivity index (χ2v) is 7.48. The van der Waals surface area contributed by atoms with Gasteiger partial charge in [-0.15, -0.1) is 0 Å². The van der Waals surface area contributed by atoms with E-state index in [-0.39, 0.29) is 29.0 Å². The highest BCUT2D eigenvalue weighted by molar-refractivity contribution is 6.35. The van der Waals surface area contributed by atoms with Crippen molar-refractivity contribution in [1.29, 1.82) is 0 Å². The van der Waals surface area contributed by atoms with E-state index in [2.05, 4.69) is 5.32 Å². The molecular weight excluding hydrogens is 408 g/mol. The first-order valence-electron chi connectivity index (χ1n) is 9.15. The third-order valence-corrected chi connectivity index (χ3v) is 5.63. The molecule has 0 bridgehead atoms. The predicted octanol–water partition coefficient (Wildman–Crippen LogP) is 3.49. The Kier molecular flexibility index (Phi) is 4.08. The molecule has 5 rings (SSSR count). The Hall–Kier alpha value is -3.39. The van der Waals surface area contributed by atoms with Crippen LogP contribution in [0.25, 0.3) is 33.1 Å². The van der Waals surface area contributed by atoms with E-state index in [0.717, 1.165) is 0 Å². The molecule has 0 saturated carbocycles. The van der Waals surface area contributed by atoms with Crippen LogP contribution in [-0.2, 0) is 0 Å². The van der Waals surface area contributed by atoms with E-state index in [1.165, 1.54) is 12.1 Å². The molecule has 30 heavy (non-hydrogen) atoms. The fraction of sp³-hybridized carbons (Fsp3) is 0.0909. The molecule has 4 aromatic rings. The third kappa shape index (κ3) is 2.53. The number of benzene rings is 3. The van der Waals surface area contributed by atoms with Crippen LogP contribution in [0.5, 0.6) is 5.75 Å². The number of furan rings is 1. The number of aliphatic hydroxyl groups excluding tert-OH is 1. The molecule has 0 saturated heterocycles. The molecule has 8 heteroatoms. The van der Waals surface area contributed by atoms with Crippen molar-refractivity contribution in [2.75, 3.05) is 6.54 Å². The quantitative estimate of drug-likeness (QED) is 0.374. The summed E-state index contributed by atoms with van der Waals surface area (Å²) in [6, 6.07) is 11.4. The zero-order valence-corrected chi connectivity index (χ0v) is 16.2. The number of phenols is 1. The van der Waals surface area contributed by atoms with Crippen molar-refractivity contribution >= 4 is 45.4 Å². The van der Waals surface area contributed by atoms with Crippen LogP contribution < -0.4 is 11.1 Å². The highest BCUT2D eigenvalue weighted by Crippen LogP contribution is 2.44. The van der Waals surface area contributed by atoms with Crippen LogP contribution in [0.3, 0.4) is 0 Å². The molecule has 150 valence electrons. The lowest BCUT2D eigenvalue weighted by molar-refractivity contribution is 0.0880. The molecule has 2 amide bonds. The minimum atomic E-state index is -1.08. The molecule has 3 aromatic carbocycles. The summed E-state index contributed by atoms with van der Waals surface area (Å²) < 4.78 is 6.01. The molecule has 1 aliphatic heterocycles. The van der Waals surface area contributed by atoms with Gasteiger partial charge in [-0.05, 0) is 24.3 Å². The lowest BCUT2D eigenvalue weighted by Gasteiger charge is -2.09. The molecule has 1 atom stereocenters. The average molecular weight is 423 g/mol. The lowest BCUT2D eigenvalue weighted by Crippen LogP contribution is -2.20. The number of carbonyl (C=O) groups excluding carboxylic acids is 2. The molecule has 5 N–H and O–H groups in total. The lowest BCUT2D eigenvalue weighted by atomic mass is 9.92. The minimum Gasteiger partial charge on any atom is -0.508 e. The largest absolute Gasteiger partial charge is 0.508 e. The van der Waals surface area contributed by atoms with E-state index in [9.17, 15) is 19.8 Å². The Morgan fingerprint density at radius 2 is 1.80 bits per heavy atom. The first-order chi connectivity index (χ1) is 14.4. The van der Waals surface area contributed by atoms with Crippen LogP contribution in [-0.4, -0.2) is 28.6 Å². The maximum Gasteiger partial charge on any atom is 0.259 e. The van der Waals surface area contributed by atoms with E-state index < -0.39 is 17.9 Å². The third-order valence-electron chi connectivity index (χ3n) is 5.30. The second-order valence-electron chi connectivity index (χ2n) is 7.08. The van der Waals surface area contributed by atoms with Crippen molar-refractivity contribution < 1.29 is 24.2 Å². The number of hydrogen-bond donors (Lipinski definition) is 4. The zero-order valence-electron chi connectivity index (χ0n) is 15.4. The van der Waals surface area contributed by atoms with Crippen LogP contribution in [0, 0.1) is 0 Å². The van der Waals surface area contributed by atoms with Crippen molar-refractivity contribution in [2.24, 2.45) is 5.73 Å². The highest BCUT2D eigenvalue weighted by atomic mass is 35.5. The normalized spacial score (nSPS) is 14.4.